The number of allylic oxidation sites excluding steroid dienone is 1. The highest BCUT2D eigenvalue weighted by atomic mass is 16.3. The average Bonchev–Trinajstić information content (AvgIpc) is 2.29. The van der Waals surface area contributed by atoms with E-state index in [2.05, 4.69) is 32.3 Å². The number of likely N-dealkylation sites (tertiary alicyclic amines) is 1. The van der Waals surface area contributed by atoms with Crippen LogP contribution in [0.2, 0.25) is 0 Å². The Hall–Kier alpha value is -0.340. The van der Waals surface area contributed by atoms with E-state index in [-0.39, 0.29) is 0 Å². The van der Waals surface area contributed by atoms with Crippen LogP contribution in [0.15, 0.2) is 12.7 Å². The van der Waals surface area contributed by atoms with Crippen LogP contribution in [0.5, 0.6) is 0 Å². The first-order chi connectivity index (χ1) is 7.60. The number of aliphatic hydroxyl groups is 1. The Morgan fingerprint density at radius 2 is 2.12 bits per heavy atom. The van der Waals surface area contributed by atoms with E-state index in [1.807, 2.05) is 6.08 Å². The van der Waals surface area contributed by atoms with Gasteiger partial charge in [0.15, 0.2) is 0 Å². The molecule has 2 heteroatoms. The second-order valence-corrected chi connectivity index (χ2v) is 5.41. The second kappa shape index (κ2) is 6.41. The number of rotatable bonds is 5. The molecule has 4 unspecified atom stereocenters. The molecule has 1 aliphatic heterocycles. The number of piperidine rings is 1. The van der Waals surface area contributed by atoms with Gasteiger partial charge in [-0.2, -0.15) is 0 Å². The van der Waals surface area contributed by atoms with Crippen LogP contribution in [0.3, 0.4) is 0 Å². The SMILES string of the molecule is C=CCC(C)C(C)N1CC(CO)CCC1C. The molecule has 1 N–H and O–H groups in total. The predicted octanol–water partition coefficient (Wildman–Crippen LogP) is 2.68. The minimum absolute atomic E-state index is 0.339. The van der Waals surface area contributed by atoms with E-state index in [1.165, 1.54) is 12.8 Å². The van der Waals surface area contributed by atoms with Crippen LogP contribution in [0.25, 0.3) is 0 Å². The summed E-state index contributed by atoms with van der Waals surface area (Å²) in [5.74, 6) is 1.13. The first-order valence-electron chi connectivity index (χ1n) is 6.57. The van der Waals surface area contributed by atoms with Crippen molar-refractivity contribution in [3.8, 4) is 0 Å². The van der Waals surface area contributed by atoms with Crippen molar-refractivity contribution in [1.82, 2.24) is 4.90 Å². The smallest absolute Gasteiger partial charge is 0.0471 e. The van der Waals surface area contributed by atoms with Gasteiger partial charge in [0.25, 0.3) is 0 Å². The lowest BCUT2D eigenvalue weighted by atomic mass is 9.89. The maximum atomic E-state index is 9.28. The van der Waals surface area contributed by atoms with Gasteiger partial charge in [0.1, 0.15) is 0 Å². The maximum absolute atomic E-state index is 9.28. The minimum Gasteiger partial charge on any atom is -0.396 e. The molecule has 1 saturated heterocycles. The molecule has 0 amide bonds. The van der Waals surface area contributed by atoms with Gasteiger partial charge in [0.2, 0.25) is 0 Å². The lowest BCUT2D eigenvalue weighted by Crippen LogP contribution is -2.49. The van der Waals surface area contributed by atoms with E-state index >= 15 is 0 Å². The molecule has 0 aromatic rings. The zero-order chi connectivity index (χ0) is 12.1. The average molecular weight is 225 g/mol. The van der Waals surface area contributed by atoms with E-state index in [9.17, 15) is 5.11 Å². The number of hydrogen-bond acceptors (Lipinski definition) is 2. The van der Waals surface area contributed by atoms with Crippen molar-refractivity contribution in [3.05, 3.63) is 12.7 Å². The Morgan fingerprint density at radius 1 is 1.44 bits per heavy atom. The lowest BCUT2D eigenvalue weighted by molar-refractivity contribution is 0.0362. The van der Waals surface area contributed by atoms with Crippen LogP contribution < -0.4 is 0 Å². The highest BCUT2D eigenvalue weighted by Crippen LogP contribution is 2.27. The Morgan fingerprint density at radius 3 is 2.69 bits per heavy atom. The van der Waals surface area contributed by atoms with Crippen molar-refractivity contribution in [2.45, 2.75) is 52.1 Å². The fourth-order valence-electron chi connectivity index (χ4n) is 2.72. The van der Waals surface area contributed by atoms with Crippen LogP contribution in [0.1, 0.15) is 40.0 Å². The topological polar surface area (TPSA) is 23.5 Å². The fraction of sp³-hybridized carbons (Fsp3) is 0.857. The quantitative estimate of drug-likeness (QED) is 0.727. The highest BCUT2D eigenvalue weighted by molar-refractivity contribution is 4.86. The summed E-state index contributed by atoms with van der Waals surface area (Å²) < 4.78 is 0. The van der Waals surface area contributed by atoms with E-state index < -0.39 is 0 Å². The van der Waals surface area contributed by atoms with Crippen LogP contribution in [0.4, 0.5) is 0 Å². The van der Waals surface area contributed by atoms with Gasteiger partial charge in [-0.3, -0.25) is 4.90 Å². The summed E-state index contributed by atoms with van der Waals surface area (Å²) in [6.07, 6.45) is 5.49. The van der Waals surface area contributed by atoms with Crippen LogP contribution in [0, 0.1) is 11.8 Å². The molecule has 1 aliphatic rings. The Bertz CT molecular complexity index is 217. The maximum Gasteiger partial charge on any atom is 0.0471 e. The zero-order valence-corrected chi connectivity index (χ0v) is 11.0. The molecule has 0 bridgehead atoms. The third-order valence-corrected chi connectivity index (χ3v) is 4.17. The van der Waals surface area contributed by atoms with Crippen molar-refractivity contribution in [1.29, 1.82) is 0 Å². The molecule has 0 spiro atoms. The third kappa shape index (κ3) is 3.33. The molecule has 16 heavy (non-hydrogen) atoms. The molecular weight excluding hydrogens is 198 g/mol. The molecular formula is C14H27NO. The molecule has 1 heterocycles. The van der Waals surface area contributed by atoms with Crippen LogP contribution in [-0.2, 0) is 0 Å². The highest BCUT2D eigenvalue weighted by Gasteiger charge is 2.30. The van der Waals surface area contributed by atoms with Gasteiger partial charge in [-0.05, 0) is 44.9 Å². The van der Waals surface area contributed by atoms with Gasteiger partial charge in [0, 0.05) is 25.2 Å². The lowest BCUT2D eigenvalue weighted by Gasteiger charge is -2.43. The van der Waals surface area contributed by atoms with E-state index in [4.69, 9.17) is 0 Å². The zero-order valence-electron chi connectivity index (χ0n) is 11.0. The van der Waals surface area contributed by atoms with Gasteiger partial charge in [0.05, 0.1) is 0 Å². The number of aliphatic hydroxyl groups excluding tert-OH is 1. The fourth-order valence-corrected chi connectivity index (χ4v) is 2.72. The monoisotopic (exact) mass is 225 g/mol. The van der Waals surface area contributed by atoms with Crippen molar-refractivity contribution in [3.63, 3.8) is 0 Å². The molecule has 4 atom stereocenters. The van der Waals surface area contributed by atoms with E-state index in [0.29, 0.717) is 30.5 Å². The standard InChI is InChI=1S/C14H27NO/c1-5-6-11(2)13(4)15-9-14(10-16)8-7-12(15)3/h5,11-14,16H,1,6-10H2,2-4H3. The molecule has 0 radical (unpaired) electrons. The first-order valence-corrected chi connectivity index (χ1v) is 6.57. The molecule has 0 aromatic carbocycles. The Balaban J connectivity index is 2.57. The van der Waals surface area contributed by atoms with Crippen molar-refractivity contribution >= 4 is 0 Å². The van der Waals surface area contributed by atoms with Crippen molar-refractivity contribution < 1.29 is 5.11 Å². The van der Waals surface area contributed by atoms with E-state index in [1.54, 1.807) is 0 Å². The van der Waals surface area contributed by atoms with Gasteiger partial charge in [-0.25, -0.2) is 0 Å². The van der Waals surface area contributed by atoms with E-state index in [0.717, 1.165) is 13.0 Å². The second-order valence-electron chi connectivity index (χ2n) is 5.41. The van der Waals surface area contributed by atoms with Crippen molar-refractivity contribution in [2.75, 3.05) is 13.2 Å². The van der Waals surface area contributed by atoms with Crippen LogP contribution >= 0.6 is 0 Å². The molecule has 0 aromatic heterocycles. The predicted molar refractivity (Wildman–Crippen MR) is 69.4 cm³/mol. The summed E-state index contributed by atoms with van der Waals surface area (Å²) in [5.41, 5.74) is 0. The Labute approximate surface area is 100 Å². The summed E-state index contributed by atoms with van der Waals surface area (Å²) >= 11 is 0. The van der Waals surface area contributed by atoms with Crippen LogP contribution in [-0.4, -0.2) is 35.2 Å². The third-order valence-electron chi connectivity index (χ3n) is 4.17. The Kier molecular flexibility index (Phi) is 5.50. The summed E-state index contributed by atoms with van der Waals surface area (Å²) in [6.45, 7) is 12.1. The normalized spacial score (nSPS) is 31.0. The summed E-state index contributed by atoms with van der Waals surface area (Å²) in [5, 5.41) is 9.28. The number of nitrogens with zero attached hydrogens (tertiary/aromatic N) is 1. The minimum atomic E-state index is 0.339. The summed E-state index contributed by atoms with van der Waals surface area (Å²) in [4.78, 5) is 2.57. The summed E-state index contributed by atoms with van der Waals surface area (Å²) in [6, 6.07) is 1.24. The van der Waals surface area contributed by atoms with Gasteiger partial charge in [-0.15, -0.1) is 6.58 Å². The molecule has 2 nitrogen and oxygen atoms in total. The molecule has 0 aliphatic carbocycles. The molecule has 0 saturated carbocycles. The molecule has 1 fully saturated rings. The molecule has 94 valence electrons. The van der Waals surface area contributed by atoms with Gasteiger partial charge < -0.3 is 5.11 Å². The van der Waals surface area contributed by atoms with Crippen molar-refractivity contribution in [2.24, 2.45) is 11.8 Å². The molecule has 1 rings (SSSR count). The summed E-state index contributed by atoms with van der Waals surface area (Å²) in [7, 11) is 0. The number of hydrogen-bond donors (Lipinski definition) is 1. The first kappa shape index (κ1) is 13.7. The largest absolute Gasteiger partial charge is 0.396 e. The van der Waals surface area contributed by atoms with Gasteiger partial charge in [-0.1, -0.05) is 13.0 Å². The van der Waals surface area contributed by atoms with Gasteiger partial charge >= 0.3 is 0 Å².